The number of rotatable bonds is 7. The van der Waals surface area contributed by atoms with E-state index in [9.17, 15) is 14.4 Å². The number of ketones is 1. The fourth-order valence-electron chi connectivity index (χ4n) is 9.01. The molecule has 4 rings (SSSR count). The highest BCUT2D eigenvalue weighted by molar-refractivity contribution is 5.84. The number of ether oxygens (including phenoxy) is 1. The van der Waals surface area contributed by atoms with E-state index in [1.54, 1.807) is 0 Å². The summed E-state index contributed by atoms with van der Waals surface area (Å²) in [5.74, 6) is 3.87. The maximum Gasteiger partial charge on any atom is 0.328 e. The van der Waals surface area contributed by atoms with Crippen molar-refractivity contribution in [2.75, 3.05) is 7.11 Å². The molecule has 0 bridgehead atoms. The van der Waals surface area contributed by atoms with E-state index in [4.69, 9.17) is 4.74 Å². The van der Waals surface area contributed by atoms with Crippen LogP contribution in [0.4, 0.5) is 0 Å². The van der Waals surface area contributed by atoms with Gasteiger partial charge in [0, 0.05) is 19.3 Å². The van der Waals surface area contributed by atoms with Gasteiger partial charge in [-0.25, -0.2) is 4.79 Å². The van der Waals surface area contributed by atoms with E-state index in [1.165, 1.54) is 45.6 Å². The first-order valence-corrected chi connectivity index (χ1v) is 15.0. The summed E-state index contributed by atoms with van der Waals surface area (Å²) in [4.78, 5) is 36.6. The molecule has 8 atom stereocenters. The van der Waals surface area contributed by atoms with Crippen LogP contribution in [0.1, 0.15) is 119 Å². The fourth-order valence-corrected chi connectivity index (χ4v) is 9.01. The molecule has 0 radical (unpaired) electrons. The molecule has 0 saturated heterocycles. The van der Waals surface area contributed by atoms with Gasteiger partial charge in [0.15, 0.2) is 0 Å². The van der Waals surface area contributed by atoms with Gasteiger partial charge in [-0.3, -0.25) is 9.59 Å². The maximum absolute atomic E-state index is 12.6. The maximum atomic E-state index is 12.6. The number of carbonyl (C=O) groups excluding carboxylic acids is 3. The van der Waals surface area contributed by atoms with Crippen molar-refractivity contribution in [3.63, 3.8) is 0 Å². The zero-order valence-corrected chi connectivity index (χ0v) is 24.2. The van der Waals surface area contributed by atoms with Crippen molar-refractivity contribution in [2.45, 2.75) is 125 Å². The summed E-state index contributed by atoms with van der Waals surface area (Å²) in [6, 6.07) is -0.562. The van der Waals surface area contributed by atoms with Crippen LogP contribution in [-0.2, 0) is 19.1 Å². The lowest BCUT2D eigenvalue weighted by Crippen LogP contribution is -2.53. The molecule has 0 spiro atoms. The zero-order chi connectivity index (χ0) is 26.7. The van der Waals surface area contributed by atoms with Crippen molar-refractivity contribution in [1.82, 2.24) is 5.32 Å². The minimum Gasteiger partial charge on any atom is -0.467 e. The number of nitrogens with one attached hydrogen (secondary N) is 1. The first-order valence-electron chi connectivity index (χ1n) is 15.0. The number of methoxy groups -OCH3 is 1. The molecule has 0 aromatic carbocycles. The normalized spacial score (nSPS) is 38.1. The number of esters is 1. The Hall–Kier alpha value is -1.39. The van der Waals surface area contributed by atoms with Gasteiger partial charge in [0.2, 0.25) is 5.91 Å². The third-order valence-corrected chi connectivity index (χ3v) is 11.1. The van der Waals surface area contributed by atoms with Crippen molar-refractivity contribution >= 4 is 17.7 Å². The Morgan fingerprint density at radius 1 is 1.00 bits per heavy atom. The van der Waals surface area contributed by atoms with Gasteiger partial charge in [-0.2, -0.15) is 0 Å². The lowest BCUT2D eigenvalue weighted by atomic mass is 9.44. The van der Waals surface area contributed by atoms with E-state index in [2.05, 4.69) is 19.2 Å². The van der Waals surface area contributed by atoms with Gasteiger partial charge in [-0.1, -0.05) is 41.5 Å². The quantitative estimate of drug-likeness (QED) is 0.391. The Morgan fingerprint density at radius 3 is 2.36 bits per heavy atom. The summed E-state index contributed by atoms with van der Waals surface area (Å²) < 4.78 is 4.85. The summed E-state index contributed by atoms with van der Waals surface area (Å²) in [5, 5.41) is 2.89. The predicted molar refractivity (Wildman–Crippen MR) is 144 cm³/mol. The van der Waals surface area contributed by atoms with Crippen molar-refractivity contribution in [1.29, 1.82) is 0 Å². The summed E-state index contributed by atoms with van der Waals surface area (Å²) in [7, 11) is 1.37. The molecule has 1 N–H and O–H groups in total. The second-order valence-electron chi connectivity index (χ2n) is 12.9. The van der Waals surface area contributed by atoms with Gasteiger partial charge in [0.25, 0.3) is 0 Å². The number of hydrogen-bond donors (Lipinski definition) is 1. The van der Waals surface area contributed by atoms with Crippen LogP contribution in [0.3, 0.4) is 0 Å². The molecular weight excluding hydrogens is 450 g/mol. The second-order valence-corrected chi connectivity index (χ2v) is 12.9. The van der Waals surface area contributed by atoms with E-state index in [1.807, 2.05) is 27.7 Å². The van der Waals surface area contributed by atoms with Crippen molar-refractivity contribution in [2.24, 2.45) is 46.3 Å². The average Bonchev–Trinajstić information content (AvgIpc) is 3.20. The van der Waals surface area contributed by atoms with Crippen molar-refractivity contribution < 1.29 is 19.1 Å². The molecule has 0 aromatic rings. The largest absolute Gasteiger partial charge is 0.467 e. The first-order chi connectivity index (χ1) is 17.1. The molecule has 8 unspecified atom stereocenters. The molecule has 36 heavy (non-hydrogen) atoms. The van der Waals surface area contributed by atoms with Crippen LogP contribution in [-0.4, -0.2) is 30.8 Å². The standard InChI is InChI=1S/C29H47NO4.C2H6/c1-18(2)26(27(33)34-5)30-25(32)8-6-7-19-10-12-23-22-11-9-20-17-21(31)13-15-29(20,4)24(22)14-16-28(19,23)3;1-2/h18-20,22-24,26H,6-17H2,1-5H3,(H,30,32);1-2H3. The number of amides is 1. The smallest absolute Gasteiger partial charge is 0.328 e. The Kier molecular flexibility index (Phi) is 9.71. The van der Waals surface area contributed by atoms with Crippen LogP contribution >= 0.6 is 0 Å². The van der Waals surface area contributed by atoms with E-state index in [0.717, 1.165) is 49.9 Å². The van der Waals surface area contributed by atoms with Gasteiger partial charge in [-0.05, 0) is 104 Å². The number of fused-ring (bicyclic) bond motifs is 5. The van der Waals surface area contributed by atoms with Crippen molar-refractivity contribution in [3.05, 3.63) is 0 Å². The zero-order valence-electron chi connectivity index (χ0n) is 24.2. The Balaban J connectivity index is 0.00000176. The Labute approximate surface area is 220 Å². The lowest BCUT2D eigenvalue weighted by molar-refractivity contribution is -0.146. The van der Waals surface area contributed by atoms with Gasteiger partial charge in [-0.15, -0.1) is 0 Å². The molecule has 5 heteroatoms. The number of Topliss-reactive ketones (excluding diaryl/α,β-unsaturated/α-hetero) is 1. The highest BCUT2D eigenvalue weighted by Gasteiger charge is 2.59. The van der Waals surface area contributed by atoms with Crippen LogP contribution in [0.5, 0.6) is 0 Å². The van der Waals surface area contributed by atoms with Gasteiger partial charge in [0.1, 0.15) is 11.8 Å². The Morgan fingerprint density at radius 2 is 1.69 bits per heavy atom. The topological polar surface area (TPSA) is 72.5 Å². The first kappa shape index (κ1) is 29.2. The lowest BCUT2D eigenvalue weighted by Gasteiger charge is -2.60. The van der Waals surface area contributed by atoms with Gasteiger partial charge >= 0.3 is 5.97 Å². The molecule has 5 nitrogen and oxygen atoms in total. The van der Waals surface area contributed by atoms with Crippen LogP contribution in [0, 0.1) is 46.3 Å². The molecule has 0 aliphatic heterocycles. The summed E-state index contributed by atoms with van der Waals surface area (Å²) >= 11 is 0. The van der Waals surface area contributed by atoms with E-state index >= 15 is 0 Å². The number of hydrogen-bond acceptors (Lipinski definition) is 4. The average molecular weight is 504 g/mol. The van der Waals surface area contributed by atoms with Gasteiger partial charge < -0.3 is 10.1 Å². The van der Waals surface area contributed by atoms with Crippen LogP contribution in [0.2, 0.25) is 0 Å². The fraction of sp³-hybridized carbons (Fsp3) is 0.903. The van der Waals surface area contributed by atoms with Gasteiger partial charge in [0.05, 0.1) is 7.11 Å². The van der Waals surface area contributed by atoms with Crippen LogP contribution in [0.15, 0.2) is 0 Å². The molecule has 4 aliphatic carbocycles. The number of carbonyl (C=O) groups is 3. The molecule has 0 heterocycles. The predicted octanol–water partition coefficient (Wildman–Crippen LogP) is 6.72. The minimum atomic E-state index is -0.562. The summed E-state index contributed by atoms with van der Waals surface area (Å²) in [5.41, 5.74) is 0.777. The molecule has 4 aliphatic rings. The molecule has 1 amide bonds. The highest BCUT2D eigenvalue weighted by atomic mass is 16.5. The van der Waals surface area contributed by atoms with Crippen molar-refractivity contribution in [3.8, 4) is 0 Å². The molecule has 0 aromatic heterocycles. The molecular formula is C31H53NO4. The third-order valence-electron chi connectivity index (χ3n) is 11.1. The minimum absolute atomic E-state index is 0.0142. The highest BCUT2D eigenvalue weighted by Crippen LogP contribution is 2.67. The second kappa shape index (κ2) is 12.0. The van der Waals surface area contributed by atoms with E-state index < -0.39 is 6.04 Å². The molecule has 4 saturated carbocycles. The van der Waals surface area contributed by atoms with E-state index in [0.29, 0.717) is 34.9 Å². The SMILES string of the molecule is CC.COC(=O)C(NC(=O)CCCC1CCC2C3CCC4CC(=O)CCC4(C)C3CCC12C)C(C)C. The molecule has 4 fully saturated rings. The van der Waals surface area contributed by atoms with E-state index in [-0.39, 0.29) is 17.8 Å². The summed E-state index contributed by atoms with van der Waals surface area (Å²) in [6.45, 7) is 12.9. The van der Waals surface area contributed by atoms with Crippen LogP contribution in [0.25, 0.3) is 0 Å². The molecule has 206 valence electrons. The Bertz CT molecular complexity index is 793. The monoisotopic (exact) mass is 503 g/mol. The third kappa shape index (κ3) is 5.55. The summed E-state index contributed by atoms with van der Waals surface area (Å²) in [6.07, 6.45) is 13.1. The van der Waals surface area contributed by atoms with Crippen LogP contribution < -0.4 is 5.32 Å².